The highest BCUT2D eigenvalue weighted by atomic mass is 127. The van der Waals surface area contributed by atoms with Crippen LogP contribution in [0.4, 0.5) is 0 Å². The van der Waals surface area contributed by atoms with E-state index in [2.05, 4.69) is 8.96 Å². The fraction of sp³-hybridized carbons (Fsp3) is 0.667. The Bertz CT molecular complexity index is 130. The molecule has 0 aliphatic carbocycles. The van der Waals surface area contributed by atoms with Gasteiger partial charge in [-0.05, 0) is 0 Å². The molecule has 5 nitrogen and oxygen atoms in total. The van der Waals surface area contributed by atoms with E-state index < -0.39 is 6.10 Å². The summed E-state index contributed by atoms with van der Waals surface area (Å²) >= 11 is 1.75. The Morgan fingerprint density at radius 3 is 2.78 bits per heavy atom. The van der Waals surface area contributed by atoms with Crippen molar-refractivity contribution in [1.29, 1.82) is 0 Å². The van der Waals surface area contributed by atoms with Crippen molar-refractivity contribution < 1.29 is 9.53 Å². The molecule has 0 bridgehead atoms. The van der Waals surface area contributed by atoms with E-state index in [1.165, 1.54) is 0 Å². The standard InChI is InChI=1S/C3H6IN3O2/c4-6-2(8)1-3(7-5)9-1/h1,3,7H,5H2,(H,6,8). The van der Waals surface area contributed by atoms with Gasteiger partial charge in [-0.3, -0.25) is 14.2 Å². The molecular formula is C3H6IN3O2. The molecule has 2 atom stereocenters. The fourth-order valence-electron chi connectivity index (χ4n) is 0.492. The first-order valence-corrected chi connectivity index (χ1v) is 3.39. The highest BCUT2D eigenvalue weighted by molar-refractivity contribution is 14.1. The van der Waals surface area contributed by atoms with Gasteiger partial charge >= 0.3 is 0 Å². The number of rotatable bonds is 2. The predicted octanol–water partition coefficient (Wildman–Crippen LogP) is -1.36. The largest absolute Gasteiger partial charge is 0.341 e. The number of hydrazine groups is 1. The van der Waals surface area contributed by atoms with Gasteiger partial charge in [0, 0.05) is 0 Å². The van der Waals surface area contributed by atoms with Crippen molar-refractivity contribution in [3.05, 3.63) is 0 Å². The maximum atomic E-state index is 10.6. The molecule has 0 aromatic heterocycles. The summed E-state index contributed by atoms with van der Waals surface area (Å²) in [7, 11) is 0. The first-order valence-electron chi connectivity index (χ1n) is 2.31. The summed E-state index contributed by atoms with van der Waals surface area (Å²) in [5.41, 5.74) is 2.32. The van der Waals surface area contributed by atoms with Crippen LogP contribution in [0.15, 0.2) is 0 Å². The summed E-state index contributed by atoms with van der Waals surface area (Å²) in [5.74, 6) is 4.81. The van der Waals surface area contributed by atoms with E-state index in [4.69, 9.17) is 10.6 Å². The number of amides is 1. The van der Waals surface area contributed by atoms with Crippen molar-refractivity contribution in [2.45, 2.75) is 12.3 Å². The van der Waals surface area contributed by atoms with Crippen LogP contribution in [-0.4, -0.2) is 18.2 Å². The van der Waals surface area contributed by atoms with E-state index in [0.29, 0.717) is 0 Å². The summed E-state index contributed by atoms with van der Waals surface area (Å²) in [6, 6.07) is 0. The zero-order valence-corrected chi connectivity index (χ0v) is 6.58. The lowest BCUT2D eigenvalue weighted by Gasteiger charge is -1.88. The second kappa shape index (κ2) is 2.78. The molecule has 1 amide bonds. The minimum Gasteiger partial charge on any atom is -0.341 e. The van der Waals surface area contributed by atoms with E-state index in [-0.39, 0.29) is 12.1 Å². The Labute approximate surface area is 65.8 Å². The predicted molar refractivity (Wildman–Crippen MR) is 38.1 cm³/mol. The lowest BCUT2D eigenvalue weighted by Crippen LogP contribution is -2.31. The smallest absolute Gasteiger partial charge is 0.262 e. The van der Waals surface area contributed by atoms with Crippen LogP contribution in [0.25, 0.3) is 0 Å². The lowest BCUT2D eigenvalue weighted by atomic mass is 10.4. The minimum absolute atomic E-state index is 0.154. The Hall–Kier alpha value is 0.0800. The zero-order chi connectivity index (χ0) is 6.85. The number of nitrogens with one attached hydrogen (secondary N) is 2. The highest BCUT2D eigenvalue weighted by Crippen LogP contribution is 2.17. The van der Waals surface area contributed by atoms with Gasteiger partial charge in [0.15, 0.2) is 12.3 Å². The molecule has 2 unspecified atom stereocenters. The van der Waals surface area contributed by atoms with E-state index >= 15 is 0 Å². The summed E-state index contributed by atoms with van der Waals surface area (Å²) in [6.45, 7) is 0. The molecule has 0 saturated carbocycles. The molecule has 1 fully saturated rings. The second-order valence-corrected chi connectivity index (χ2v) is 2.14. The van der Waals surface area contributed by atoms with Gasteiger partial charge in [0.1, 0.15) is 0 Å². The van der Waals surface area contributed by atoms with E-state index in [1.807, 2.05) is 0 Å². The molecular weight excluding hydrogens is 237 g/mol. The van der Waals surface area contributed by atoms with Crippen molar-refractivity contribution in [3.63, 3.8) is 0 Å². The molecule has 0 aromatic carbocycles. The molecule has 52 valence electrons. The van der Waals surface area contributed by atoms with Gasteiger partial charge in [-0.1, -0.05) is 0 Å². The number of halogens is 1. The number of hydrogen-bond donors (Lipinski definition) is 3. The van der Waals surface area contributed by atoms with Crippen molar-refractivity contribution in [3.8, 4) is 0 Å². The molecule has 0 spiro atoms. The molecule has 0 radical (unpaired) electrons. The number of hydrogen-bond acceptors (Lipinski definition) is 4. The van der Waals surface area contributed by atoms with Crippen LogP contribution >= 0.6 is 22.9 Å². The first kappa shape index (κ1) is 7.19. The summed E-state index contributed by atoms with van der Waals surface area (Å²) < 4.78 is 7.17. The average molecular weight is 243 g/mol. The zero-order valence-electron chi connectivity index (χ0n) is 4.43. The quantitative estimate of drug-likeness (QED) is 0.184. The third-order valence-electron chi connectivity index (χ3n) is 1.01. The topological polar surface area (TPSA) is 79.7 Å². The molecule has 0 aromatic rings. The van der Waals surface area contributed by atoms with Gasteiger partial charge in [-0.25, -0.2) is 5.43 Å². The number of carbonyl (C=O) groups is 1. The SMILES string of the molecule is NNC1OC1C(=O)NI. The maximum Gasteiger partial charge on any atom is 0.262 e. The van der Waals surface area contributed by atoms with Gasteiger partial charge in [0.2, 0.25) is 0 Å². The highest BCUT2D eigenvalue weighted by Gasteiger charge is 2.44. The van der Waals surface area contributed by atoms with Gasteiger partial charge in [-0.2, -0.15) is 0 Å². The van der Waals surface area contributed by atoms with Crippen molar-refractivity contribution >= 4 is 28.8 Å². The number of epoxide rings is 1. The number of nitrogens with two attached hydrogens (primary N) is 1. The fourth-order valence-corrected chi connectivity index (χ4v) is 0.799. The molecule has 1 heterocycles. The van der Waals surface area contributed by atoms with Crippen molar-refractivity contribution in [1.82, 2.24) is 8.96 Å². The lowest BCUT2D eigenvalue weighted by molar-refractivity contribution is -0.120. The maximum absolute atomic E-state index is 10.6. The molecule has 4 N–H and O–H groups in total. The van der Waals surface area contributed by atoms with Crippen LogP contribution in [0, 0.1) is 0 Å². The molecule has 1 saturated heterocycles. The van der Waals surface area contributed by atoms with Gasteiger partial charge in [0.05, 0.1) is 22.9 Å². The van der Waals surface area contributed by atoms with Gasteiger partial charge < -0.3 is 4.74 Å². The summed E-state index contributed by atoms with van der Waals surface area (Å²) in [4.78, 5) is 10.6. The number of ether oxygens (including phenoxy) is 1. The normalized spacial score (nSPS) is 31.8. The number of carbonyl (C=O) groups excluding carboxylic acids is 1. The molecule has 6 heteroatoms. The van der Waals surface area contributed by atoms with Gasteiger partial charge in [0.25, 0.3) is 5.91 Å². The van der Waals surface area contributed by atoms with E-state index in [9.17, 15) is 4.79 Å². The van der Waals surface area contributed by atoms with Gasteiger partial charge in [-0.15, -0.1) is 0 Å². The first-order chi connectivity index (χ1) is 4.29. The second-order valence-electron chi connectivity index (χ2n) is 1.60. The minimum atomic E-state index is -0.396. The average Bonchev–Trinajstić information content (AvgIpc) is 2.64. The Morgan fingerprint density at radius 1 is 1.78 bits per heavy atom. The Balaban J connectivity index is 2.25. The molecule has 9 heavy (non-hydrogen) atoms. The summed E-state index contributed by atoms with van der Waals surface area (Å²) in [5, 5.41) is 0. The van der Waals surface area contributed by atoms with Crippen LogP contribution in [-0.2, 0) is 9.53 Å². The van der Waals surface area contributed by atoms with E-state index in [1.54, 1.807) is 22.9 Å². The van der Waals surface area contributed by atoms with Crippen LogP contribution in [0.1, 0.15) is 0 Å². The van der Waals surface area contributed by atoms with E-state index in [0.717, 1.165) is 0 Å². The van der Waals surface area contributed by atoms with Crippen molar-refractivity contribution in [2.24, 2.45) is 5.84 Å². The van der Waals surface area contributed by atoms with Crippen LogP contribution < -0.4 is 14.8 Å². The monoisotopic (exact) mass is 243 g/mol. The summed E-state index contributed by atoms with van der Waals surface area (Å²) in [6.07, 6.45) is -0.688. The Kier molecular flexibility index (Phi) is 2.22. The van der Waals surface area contributed by atoms with Crippen LogP contribution in [0.3, 0.4) is 0 Å². The van der Waals surface area contributed by atoms with Crippen LogP contribution in [0.5, 0.6) is 0 Å². The Morgan fingerprint density at radius 2 is 2.44 bits per heavy atom. The third kappa shape index (κ3) is 1.51. The molecule has 1 rings (SSSR count). The molecule has 1 aliphatic heterocycles. The third-order valence-corrected chi connectivity index (χ3v) is 1.54. The van der Waals surface area contributed by atoms with Crippen LogP contribution in [0.2, 0.25) is 0 Å². The van der Waals surface area contributed by atoms with Crippen molar-refractivity contribution in [2.75, 3.05) is 0 Å². The molecule has 1 aliphatic rings.